The molecule has 0 fully saturated rings. The molecule has 0 saturated carbocycles. The van der Waals surface area contributed by atoms with Gasteiger partial charge in [-0.1, -0.05) is 6.08 Å². The molecule has 0 aromatic carbocycles. The Bertz CT molecular complexity index is 666. The van der Waals surface area contributed by atoms with Crippen LogP contribution in [0.4, 0.5) is 0 Å². The van der Waals surface area contributed by atoms with Crippen molar-refractivity contribution in [3.05, 3.63) is 29.7 Å². The van der Waals surface area contributed by atoms with E-state index in [0.29, 0.717) is 0 Å². The number of furan rings is 1. The number of carbonyl (C=O) groups excluding carboxylic acids is 2. The summed E-state index contributed by atoms with van der Waals surface area (Å²) in [4.78, 5) is 23.9. The van der Waals surface area contributed by atoms with Gasteiger partial charge in [0.25, 0.3) is 0 Å². The van der Waals surface area contributed by atoms with Crippen LogP contribution >= 0.6 is 7.60 Å². The van der Waals surface area contributed by atoms with E-state index in [1.54, 1.807) is 27.7 Å². The molecule has 0 N–H and O–H groups in total. The van der Waals surface area contributed by atoms with Crippen molar-refractivity contribution in [2.75, 3.05) is 26.4 Å². The zero-order chi connectivity index (χ0) is 19.6. The molecule has 0 aliphatic carbocycles. The summed E-state index contributed by atoms with van der Waals surface area (Å²) in [6.07, 6.45) is 3.64. The average Bonchev–Trinajstić information content (AvgIpc) is 3.05. The van der Waals surface area contributed by atoms with Gasteiger partial charge < -0.3 is 22.9 Å². The van der Waals surface area contributed by atoms with Gasteiger partial charge in [0.05, 0.1) is 44.4 Å². The van der Waals surface area contributed by atoms with Crippen molar-refractivity contribution in [1.82, 2.24) is 0 Å². The summed E-state index contributed by atoms with van der Waals surface area (Å²) in [5.41, 5.74) is 0.263. The second-order valence-electron chi connectivity index (χ2n) is 4.85. The van der Waals surface area contributed by atoms with Gasteiger partial charge >= 0.3 is 19.5 Å². The molecule has 0 atom stereocenters. The van der Waals surface area contributed by atoms with Crippen molar-refractivity contribution in [2.24, 2.45) is 0 Å². The Morgan fingerprint density at radius 3 is 2.08 bits per heavy atom. The van der Waals surface area contributed by atoms with E-state index in [9.17, 15) is 14.2 Å². The summed E-state index contributed by atoms with van der Waals surface area (Å²) in [5, 5.41) is 0.0612. The molecule has 1 rings (SSSR count). The zero-order valence-corrected chi connectivity index (χ0v) is 16.4. The fourth-order valence-corrected chi connectivity index (χ4v) is 3.96. The quantitative estimate of drug-likeness (QED) is 0.414. The fraction of sp³-hybridized carbons (Fsp3) is 0.529. The molecule has 26 heavy (non-hydrogen) atoms. The van der Waals surface area contributed by atoms with Crippen LogP contribution in [0, 0.1) is 0 Å². The van der Waals surface area contributed by atoms with Crippen LogP contribution in [0.5, 0.6) is 0 Å². The van der Waals surface area contributed by atoms with E-state index in [2.05, 4.69) is 0 Å². The highest BCUT2D eigenvalue weighted by atomic mass is 31.2. The van der Waals surface area contributed by atoms with Crippen LogP contribution in [0.15, 0.2) is 23.0 Å². The van der Waals surface area contributed by atoms with Crippen LogP contribution in [0.25, 0.3) is 5.31 Å². The van der Waals surface area contributed by atoms with Crippen molar-refractivity contribution in [3.63, 3.8) is 0 Å². The van der Waals surface area contributed by atoms with Gasteiger partial charge in [-0.15, -0.1) is 0 Å². The lowest BCUT2D eigenvalue weighted by molar-refractivity contribution is -0.142. The number of rotatable bonds is 11. The van der Waals surface area contributed by atoms with E-state index < -0.39 is 19.5 Å². The summed E-state index contributed by atoms with van der Waals surface area (Å²) < 4.78 is 39.0. The van der Waals surface area contributed by atoms with Crippen LogP contribution in [0.1, 0.15) is 50.0 Å². The molecule has 0 saturated heterocycles. The van der Waals surface area contributed by atoms with E-state index in [-0.39, 0.29) is 49.3 Å². The lowest BCUT2D eigenvalue weighted by Gasteiger charge is -2.20. The maximum Gasteiger partial charge on any atom is 0.361 e. The zero-order valence-electron chi connectivity index (χ0n) is 15.5. The Hall–Kier alpha value is -1.89. The summed E-state index contributed by atoms with van der Waals surface area (Å²) >= 11 is 0. The number of ether oxygens (including phenoxy) is 2. The first-order valence-electron chi connectivity index (χ1n) is 8.42. The van der Waals surface area contributed by atoms with Gasteiger partial charge in [-0.2, -0.15) is 0 Å². The minimum Gasteiger partial charge on any atom is -0.471 e. The van der Waals surface area contributed by atoms with Crippen molar-refractivity contribution >= 4 is 24.8 Å². The van der Waals surface area contributed by atoms with Crippen LogP contribution in [-0.4, -0.2) is 38.4 Å². The van der Waals surface area contributed by atoms with Gasteiger partial charge in [0, 0.05) is 5.56 Å². The Morgan fingerprint density at radius 2 is 1.54 bits per heavy atom. The van der Waals surface area contributed by atoms with Crippen molar-refractivity contribution in [2.45, 2.75) is 34.1 Å². The number of hydrogen-bond donors (Lipinski definition) is 0. The highest BCUT2D eigenvalue weighted by molar-refractivity contribution is 7.65. The van der Waals surface area contributed by atoms with Crippen LogP contribution < -0.4 is 0 Å². The molecule has 1 aromatic rings. The fourth-order valence-electron chi connectivity index (χ4n) is 2.15. The Morgan fingerprint density at radius 1 is 0.962 bits per heavy atom. The predicted octanol–water partition coefficient (Wildman–Crippen LogP) is 4.02. The number of esters is 2. The SMILES string of the molecule is CCOC(=O)C/C=C(\c1cocc1C(=O)OCC)P(=O)(OCC)OCC. The van der Waals surface area contributed by atoms with E-state index in [0.717, 1.165) is 0 Å². The smallest absolute Gasteiger partial charge is 0.361 e. The maximum atomic E-state index is 13.3. The molecule has 1 aromatic heterocycles. The number of hydrogen-bond acceptors (Lipinski definition) is 8. The minimum atomic E-state index is -3.79. The number of carbonyl (C=O) groups is 2. The van der Waals surface area contributed by atoms with Gasteiger partial charge in [-0.3, -0.25) is 9.36 Å². The monoisotopic (exact) mass is 388 g/mol. The predicted molar refractivity (Wildman–Crippen MR) is 94.8 cm³/mol. The van der Waals surface area contributed by atoms with Gasteiger partial charge in [-0.25, -0.2) is 4.79 Å². The standard InChI is InChI=1S/C17H25O8P/c1-5-22-16(18)10-9-15(26(20,24-7-3)25-8-4)13-11-21-12-14(13)17(19)23-6-2/h9,11-12H,5-8,10H2,1-4H3/b15-9+. The molecular weight excluding hydrogens is 363 g/mol. The minimum absolute atomic E-state index is 0.0612. The van der Waals surface area contributed by atoms with Crippen molar-refractivity contribution < 1.29 is 37.1 Å². The van der Waals surface area contributed by atoms with Crippen molar-refractivity contribution in [1.29, 1.82) is 0 Å². The highest BCUT2D eigenvalue weighted by Crippen LogP contribution is 2.61. The Labute approximate surface area is 153 Å². The van der Waals surface area contributed by atoms with E-state index in [1.807, 2.05) is 0 Å². The average molecular weight is 388 g/mol. The topological polar surface area (TPSA) is 101 Å². The third-order valence-corrected chi connectivity index (χ3v) is 5.30. The van der Waals surface area contributed by atoms with E-state index >= 15 is 0 Å². The molecule has 0 aliphatic heterocycles. The Kier molecular flexibility index (Phi) is 9.34. The summed E-state index contributed by atoms with van der Waals surface area (Å²) in [7, 11) is -3.79. The third kappa shape index (κ3) is 5.83. The van der Waals surface area contributed by atoms with Crippen LogP contribution in [0.3, 0.4) is 0 Å². The largest absolute Gasteiger partial charge is 0.471 e. The second-order valence-corrected chi connectivity index (χ2v) is 6.84. The first-order chi connectivity index (χ1) is 12.4. The molecule has 0 bridgehead atoms. The molecule has 8 nitrogen and oxygen atoms in total. The molecule has 0 unspecified atom stereocenters. The second kappa shape index (κ2) is 11.0. The molecule has 0 spiro atoms. The maximum absolute atomic E-state index is 13.3. The first-order valence-corrected chi connectivity index (χ1v) is 9.96. The molecule has 1 heterocycles. The van der Waals surface area contributed by atoms with E-state index in [1.165, 1.54) is 18.6 Å². The summed E-state index contributed by atoms with van der Waals surface area (Å²) in [5.74, 6) is -1.15. The molecule has 0 amide bonds. The molecule has 0 aliphatic rings. The molecular formula is C17H25O8P. The first kappa shape index (κ1) is 22.2. The molecule has 9 heteroatoms. The van der Waals surface area contributed by atoms with E-state index in [4.69, 9.17) is 22.9 Å². The van der Waals surface area contributed by atoms with Gasteiger partial charge in [-0.05, 0) is 27.7 Å². The lowest BCUT2D eigenvalue weighted by Crippen LogP contribution is -2.08. The van der Waals surface area contributed by atoms with Gasteiger partial charge in [0.2, 0.25) is 0 Å². The normalized spacial score (nSPS) is 12.1. The Balaban J connectivity index is 3.39. The molecule has 146 valence electrons. The van der Waals surface area contributed by atoms with Crippen LogP contribution in [0.2, 0.25) is 0 Å². The third-order valence-electron chi connectivity index (χ3n) is 3.09. The van der Waals surface area contributed by atoms with Crippen molar-refractivity contribution in [3.8, 4) is 0 Å². The summed E-state index contributed by atoms with van der Waals surface area (Å²) in [6.45, 7) is 7.28. The van der Waals surface area contributed by atoms with Gasteiger partial charge in [0.1, 0.15) is 11.8 Å². The molecule has 0 radical (unpaired) electrons. The highest BCUT2D eigenvalue weighted by Gasteiger charge is 2.34. The van der Waals surface area contributed by atoms with Gasteiger partial charge in [0.15, 0.2) is 0 Å². The lowest BCUT2D eigenvalue weighted by atomic mass is 10.1. The summed E-state index contributed by atoms with van der Waals surface area (Å²) in [6, 6.07) is 0. The van der Waals surface area contributed by atoms with Crippen LogP contribution in [-0.2, 0) is 27.9 Å².